The predicted octanol–water partition coefficient (Wildman–Crippen LogP) is 2.08. The molecule has 0 fully saturated rings. The highest BCUT2D eigenvalue weighted by atomic mass is 19.1. The van der Waals surface area contributed by atoms with E-state index in [-0.39, 0.29) is 29.8 Å². The van der Waals surface area contributed by atoms with Crippen LogP contribution in [0, 0.1) is 5.82 Å². The Morgan fingerprint density at radius 1 is 1.07 bits per heavy atom. The molecule has 0 unspecified atom stereocenters. The van der Waals surface area contributed by atoms with Crippen molar-refractivity contribution in [3.05, 3.63) is 71.6 Å². The molecule has 0 aliphatic heterocycles. The lowest BCUT2D eigenvalue weighted by molar-refractivity contribution is 0.0939. The molecule has 3 aromatic rings. The molecule has 0 aliphatic rings. The number of nitrogens with zero attached hydrogens (tertiary/aromatic N) is 3. The van der Waals surface area contributed by atoms with E-state index in [4.69, 9.17) is 0 Å². The monoisotopic (exact) mass is 397 g/mol. The Morgan fingerprint density at radius 2 is 1.83 bits per heavy atom. The normalized spacial score (nSPS) is 11.0. The Morgan fingerprint density at radius 3 is 2.55 bits per heavy atom. The summed E-state index contributed by atoms with van der Waals surface area (Å²) in [5, 5.41) is 5.62. The molecule has 0 aliphatic carbocycles. The van der Waals surface area contributed by atoms with Gasteiger partial charge in [-0.25, -0.2) is 9.37 Å². The molecular weight excluding hydrogens is 373 g/mol. The molecule has 2 amide bonds. The van der Waals surface area contributed by atoms with Crippen LogP contribution in [0.15, 0.2) is 48.7 Å². The van der Waals surface area contributed by atoms with Crippen LogP contribution in [-0.2, 0) is 6.54 Å². The number of carbonyl (C=O) groups excluding carboxylic acids is 2. The van der Waals surface area contributed by atoms with Gasteiger partial charge in [-0.2, -0.15) is 0 Å². The number of carbonyl (C=O) groups is 2. The van der Waals surface area contributed by atoms with Crippen molar-refractivity contribution < 1.29 is 14.0 Å². The third kappa shape index (κ3) is 5.17. The number of pyridine rings is 1. The minimum Gasteiger partial charge on any atom is -0.351 e. The van der Waals surface area contributed by atoms with Gasteiger partial charge in [0.1, 0.15) is 5.82 Å². The molecule has 2 N–H and O–H groups in total. The molecule has 152 valence electrons. The number of nitrogens with one attached hydrogen (secondary N) is 2. The first kappa shape index (κ1) is 20.5. The fourth-order valence-electron chi connectivity index (χ4n) is 2.91. The van der Waals surface area contributed by atoms with Crippen LogP contribution in [-0.4, -0.2) is 53.3 Å². The highest BCUT2D eigenvalue weighted by Crippen LogP contribution is 2.13. The van der Waals surface area contributed by atoms with Crippen molar-refractivity contribution in [1.82, 2.24) is 24.9 Å². The van der Waals surface area contributed by atoms with E-state index in [1.807, 2.05) is 19.0 Å². The number of hydrogen-bond donors (Lipinski definition) is 2. The number of aromatic nitrogens is 2. The smallest absolute Gasteiger partial charge is 0.287 e. The lowest BCUT2D eigenvalue weighted by Gasteiger charge is -2.09. The Hall–Kier alpha value is -3.26. The van der Waals surface area contributed by atoms with Gasteiger partial charge >= 0.3 is 0 Å². The Bertz CT molecular complexity index is 998. The van der Waals surface area contributed by atoms with Crippen molar-refractivity contribution in [2.24, 2.45) is 0 Å². The lowest BCUT2D eigenvalue weighted by Crippen LogP contribution is -2.28. The molecule has 0 saturated carbocycles. The third-order valence-electron chi connectivity index (χ3n) is 4.40. The molecule has 7 nitrogen and oxygen atoms in total. The molecule has 2 heterocycles. The molecule has 0 atom stereocenters. The van der Waals surface area contributed by atoms with E-state index < -0.39 is 5.91 Å². The number of benzene rings is 1. The number of halogens is 1. The third-order valence-corrected chi connectivity index (χ3v) is 4.40. The zero-order chi connectivity index (χ0) is 20.8. The number of imidazole rings is 1. The minimum atomic E-state index is -0.415. The summed E-state index contributed by atoms with van der Waals surface area (Å²) in [7, 11) is 3.95. The zero-order valence-corrected chi connectivity index (χ0v) is 16.5. The topological polar surface area (TPSA) is 78.7 Å². The Balaban J connectivity index is 1.73. The summed E-state index contributed by atoms with van der Waals surface area (Å²) in [5.74, 6) is -0.936. The molecule has 0 saturated heterocycles. The summed E-state index contributed by atoms with van der Waals surface area (Å²) in [5.41, 5.74) is 1.53. The first-order valence-corrected chi connectivity index (χ1v) is 9.38. The molecule has 0 radical (unpaired) electrons. The average molecular weight is 397 g/mol. The van der Waals surface area contributed by atoms with Gasteiger partial charge in [-0.3, -0.25) is 14.0 Å². The number of amides is 2. The van der Waals surface area contributed by atoms with E-state index in [0.29, 0.717) is 12.1 Å². The van der Waals surface area contributed by atoms with Crippen LogP contribution in [0.3, 0.4) is 0 Å². The summed E-state index contributed by atoms with van der Waals surface area (Å²) >= 11 is 0. The van der Waals surface area contributed by atoms with Crippen molar-refractivity contribution in [1.29, 1.82) is 0 Å². The van der Waals surface area contributed by atoms with Gasteiger partial charge in [-0.15, -0.1) is 0 Å². The number of rotatable bonds is 8. The zero-order valence-electron chi connectivity index (χ0n) is 16.5. The van der Waals surface area contributed by atoms with Crippen molar-refractivity contribution >= 4 is 17.3 Å². The van der Waals surface area contributed by atoms with E-state index in [2.05, 4.69) is 15.6 Å². The van der Waals surface area contributed by atoms with Crippen molar-refractivity contribution in [2.45, 2.75) is 13.0 Å². The standard InChI is InChI=1S/C21H24FN5O2/c1-26(2)12-5-11-23-20(28)18-17-6-3-4-13-27(17)19(25-18)21(29)24-14-15-7-9-16(22)10-8-15/h3-4,6-10,13H,5,11-12,14H2,1-2H3,(H,23,28)(H,24,29). The fourth-order valence-corrected chi connectivity index (χ4v) is 2.91. The minimum absolute atomic E-state index is 0.126. The molecule has 29 heavy (non-hydrogen) atoms. The largest absolute Gasteiger partial charge is 0.351 e. The fraction of sp³-hybridized carbons (Fsp3) is 0.286. The second-order valence-corrected chi connectivity index (χ2v) is 6.96. The quantitative estimate of drug-likeness (QED) is 0.571. The van der Waals surface area contributed by atoms with Crippen molar-refractivity contribution in [3.63, 3.8) is 0 Å². The van der Waals surface area contributed by atoms with Crippen LogP contribution in [0.2, 0.25) is 0 Å². The number of fused-ring (bicyclic) bond motifs is 1. The van der Waals surface area contributed by atoms with Crippen LogP contribution in [0.25, 0.3) is 5.52 Å². The van der Waals surface area contributed by atoms with Crippen LogP contribution >= 0.6 is 0 Å². The van der Waals surface area contributed by atoms with Gasteiger partial charge in [0.25, 0.3) is 11.8 Å². The van der Waals surface area contributed by atoms with Crippen LogP contribution < -0.4 is 10.6 Å². The van der Waals surface area contributed by atoms with Gasteiger partial charge in [-0.05, 0) is 56.9 Å². The van der Waals surface area contributed by atoms with Crippen LogP contribution in [0.4, 0.5) is 4.39 Å². The van der Waals surface area contributed by atoms with E-state index in [1.54, 1.807) is 40.9 Å². The van der Waals surface area contributed by atoms with Crippen LogP contribution in [0.1, 0.15) is 33.1 Å². The summed E-state index contributed by atoms with van der Waals surface area (Å²) in [4.78, 5) is 31.6. The van der Waals surface area contributed by atoms with E-state index in [9.17, 15) is 14.0 Å². The number of hydrogen-bond acceptors (Lipinski definition) is 4. The average Bonchev–Trinajstić information content (AvgIpc) is 3.10. The Kier molecular flexibility index (Phi) is 6.56. The first-order chi connectivity index (χ1) is 14.0. The Labute approximate surface area is 168 Å². The van der Waals surface area contributed by atoms with Gasteiger partial charge in [-0.1, -0.05) is 18.2 Å². The lowest BCUT2D eigenvalue weighted by atomic mass is 10.2. The molecule has 8 heteroatoms. The summed E-state index contributed by atoms with van der Waals surface area (Å²) in [6.45, 7) is 1.61. The molecule has 2 aromatic heterocycles. The molecule has 3 rings (SSSR count). The highest BCUT2D eigenvalue weighted by Gasteiger charge is 2.21. The summed E-state index contributed by atoms with van der Waals surface area (Å²) in [6, 6.07) is 11.2. The van der Waals surface area contributed by atoms with Gasteiger partial charge in [0.15, 0.2) is 5.69 Å². The highest BCUT2D eigenvalue weighted by molar-refractivity contribution is 6.02. The second-order valence-electron chi connectivity index (χ2n) is 6.96. The van der Waals surface area contributed by atoms with E-state index in [1.165, 1.54) is 12.1 Å². The maximum absolute atomic E-state index is 13.0. The van der Waals surface area contributed by atoms with Gasteiger partial charge in [0, 0.05) is 19.3 Å². The maximum atomic E-state index is 13.0. The molecule has 1 aromatic carbocycles. The molecule has 0 spiro atoms. The second kappa shape index (κ2) is 9.29. The van der Waals surface area contributed by atoms with Gasteiger partial charge in [0.2, 0.25) is 5.82 Å². The van der Waals surface area contributed by atoms with Crippen molar-refractivity contribution in [2.75, 3.05) is 27.2 Å². The van der Waals surface area contributed by atoms with Crippen molar-refractivity contribution in [3.8, 4) is 0 Å². The van der Waals surface area contributed by atoms with E-state index in [0.717, 1.165) is 18.5 Å². The van der Waals surface area contributed by atoms with Gasteiger partial charge in [0.05, 0.1) is 5.52 Å². The summed E-state index contributed by atoms with van der Waals surface area (Å²) < 4.78 is 14.6. The summed E-state index contributed by atoms with van der Waals surface area (Å²) in [6.07, 6.45) is 2.51. The van der Waals surface area contributed by atoms with Gasteiger partial charge < -0.3 is 15.5 Å². The maximum Gasteiger partial charge on any atom is 0.287 e. The molecule has 0 bridgehead atoms. The van der Waals surface area contributed by atoms with E-state index >= 15 is 0 Å². The first-order valence-electron chi connectivity index (χ1n) is 9.38. The SMILES string of the molecule is CN(C)CCCNC(=O)c1nc(C(=O)NCc2ccc(F)cc2)n2ccccc12. The van der Waals surface area contributed by atoms with Crippen LogP contribution in [0.5, 0.6) is 0 Å². The molecular formula is C21H24FN5O2. The predicted molar refractivity (Wildman–Crippen MR) is 108 cm³/mol.